The van der Waals surface area contributed by atoms with Crippen LogP contribution in [0.1, 0.15) is 21.6 Å². The highest BCUT2D eigenvalue weighted by atomic mass is 35.5. The number of benzene rings is 1. The van der Waals surface area contributed by atoms with Crippen LogP contribution < -0.4 is 0 Å². The number of fused-ring (bicyclic) bond motifs is 1. The number of aromatic nitrogens is 2. The van der Waals surface area contributed by atoms with Crippen molar-refractivity contribution >= 4 is 17.5 Å². The van der Waals surface area contributed by atoms with E-state index in [-0.39, 0.29) is 11.1 Å². The van der Waals surface area contributed by atoms with Gasteiger partial charge in [-0.1, -0.05) is 35.9 Å². The number of rotatable bonds is 1. The SMILES string of the molecule is O=C(c1ccc(Cl)nn1)N1Cc2ccccc2C1. The molecule has 0 N–H and O–H groups in total. The highest BCUT2D eigenvalue weighted by molar-refractivity contribution is 6.29. The van der Waals surface area contributed by atoms with E-state index in [4.69, 9.17) is 11.6 Å². The fourth-order valence-electron chi connectivity index (χ4n) is 2.07. The first-order valence-electron chi connectivity index (χ1n) is 5.59. The predicted molar refractivity (Wildman–Crippen MR) is 67.1 cm³/mol. The van der Waals surface area contributed by atoms with Crippen LogP contribution in [0.2, 0.25) is 5.15 Å². The van der Waals surface area contributed by atoms with Gasteiger partial charge in [0.05, 0.1) is 0 Å². The van der Waals surface area contributed by atoms with Crippen LogP contribution in [-0.2, 0) is 13.1 Å². The normalized spacial score (nSPS) is 13.5. The molecule has 0 saturated carbocycles. The van der Waals surface area contributed by atoms with E-state index >= 15 is 0 Å². The Morgan fingerprint density at radius 1 is 1.06 bits per heavy atom. The Bertz CT molecular complexity index is 572. The average Bonchev–Trinajstić information content (AvgIpc) is 2.82. The Morgan fingerprint density at radius 3 is 2.28 bits per heavy atom. The molecule has 0 aliphatic carbocycles. The third-order valence-corrected chi connectivity index (χ3v) is 3.18. The van der Waals surface area contributed by atoms with E-state index in [0.717, 1.165) is 0 Å². The van der Waals surface area contributed by atoms with Gasteiger partial charge in [0.25, 0.3) is 5.91 Å². The molecule has 2 heterocycles. The summed E-state index contributed by atoms with van der Waals surface area (Å²) in [5.74, 6) is -0.115. The lowest BCUT2D eigenvalue weighted by molar-refractivity contribution is 0.0744. The minimum absolute atomic E-state index is 0.115. The summed E-state index contributed by atoms with van der Waals surface area (Å²) in [4.78, 5) is 14.0. The van der Waals surface area contributed by atoms with Crippen LogP contribution >= 0.6 is 11.6 Å². The Morgan fingerprint density at radius 2 is 1.72 bits per heavy atom. The summed E-state index contributed by atoms with van der Waals surface area (Å²) in [5, 5.41) is 7.79. The second-order valence-electron chi connectivity index (χ2n) is 4.17. The monoisotopic (exact) mass is 259 g/mol. The molecule has 0 spiro atoms. The molecule has 0 bridgehead atoms. The van der Waals surface area contributed by atoms with Gasteiger partial charge in [-0.05, 0) is 23.3 Å². The second-order valence-corrected chi connectivity index (χ2v) is 4.56. The fourth-order valence-corrected chi connectivity index (χ4v) is 2.17. The number of halogens is 1. The highest BCUT2D eigenvalue weighted by Gasteiger charge is 2.24. The Kier molecular flexibility index (Phi) is 2.72. The summed E-state index contributed by atoms with van der Waals surface area (Å²) < 4.78 is 0. The van der Waals surface area contributed by atoms with Gasteiger partial charge in [-0.2, -0.15) is 0 Å². The number of hydrogen-bond acceptors (Lipinski definition) is 3. The Labute approximate surface area is 109 Å². The van der Waals surface area contributed by atoms with E-state index in [1.165, 1.54) is 11.1 Å². The van der Waals surface area contributed by atoms with E-state index in [1.807, 2.05) is 24.3 Å². The standard InChI is InChI=1S/C13H10ClN3O/c14-12-6-5-11(15-16-12)13(18)17-7-9-3-1-2-4-10(9)8-17/h1-6H,7-8H2. The molecular formula is C13H10ClN3O. The molecule has 90 valence electrons. The van der Waals surface area contributed by atoms with E-state index in [9.17, 15) is 4.79 Å². The van der Waals surface area contributed by atoms with Crippen molar-refractivity contribution in [2.75, 3.05) is 0 Å². The Hall–Kier alpha value is -1.94. The molecule has 0 radical (unpaired) electrons. The first kappa shape index (κ1) is 11.2. The molecule has 0 saturated heterocycles. The van der Waals surface area contributed by atoms with Crippen LogP contribution in [0.5, 0.6) is 0 Å². The lowest BCUT2D eigenvalue weighted by Gasteiger charge is -2.14. The summed E-state index contributed by atoms with van der Waals surface area (Å²) in [6.07, 6.45) is 0. The van der Waals surface area contributed by atoms with E-state index in [1.54, 1.807) is 17.0 Å². The average molecular weight is 260 g/mol. The quantitative estimate of drug-likeness (QED) is 0.789. The van der Waals surface area contributed by atoms with E-state index < -0.39 is 0 Å². The lowest BCUT2D eigenvalue weighted by atomic mass is 10.1. The summed E-state index contributed by atoms with van der Waals surface area (Å²) >= 11 is 5.65. The third-order valence-electron chi connectivity index (χ3n) is 2.98. The molecule has 0 unspecified atom stereocenters. The maximum atomic E-state index is 12.2. The summed E-state index contributed by atoms with van der Waals surface area (Å²) in [5.41, 5.74) is 2.70. The number of hydrogen-bond donors (Lipinski definition) is 0. The van der Waals surface area contributed by atoms with Crippen LogP contribution in [-0.4, -0.2) is 21.0 Å². The van der Waals surface area contributed by atoms with Gasteiger partial charge in [-0.3, -0.25) is 4.79 Å². The molecule has 3 rings (SSSR count). The topological polar surface area (TPSA) is 46.1 Å². The molecule has 0 fully saturated rings. The Balaban J connectivity index is 1.82. The number of carbonyl (C=O) groups excluding carboxylic acids is 1. The van der Waals surface area contributed by atoms with Crippen molar-refractivity contribution in [1.29, 1.82) is 0 Å². The summed E-state index contributed by atoms with van der Waals surface area (Å²) in [6.45, 7) is 1.25. The van der Waals surface area contributed by atoms with Gasteiger partial charge in [0, 0.05) is 13.1 Å². The molecule has 1 amide bonds. The van der Waals surface area contributed by atoms with Crippen LogP contribution in [0, 0.1) is 0 Å². The fraction of sp³-hybridized carbons (Fsp3) is 0.154. The van der Waals surface area contributed by atoms with Crippen molar-refractivity contribution in [3.63, 3.8) is 0 Å². The van der Waals surface area contributed by atoms with Crippen LogP contribution in [0.4, 0.5) is 0 Å². The summed E-state index contributed by atoms with van der Waals surface area (Å²) in [7, 11) is 0. The van der Waals surface area contributed by atoms with Gasteiger partial charge in [0.2, 0.25) is 0 Å². The zero-order valence-corrected chi connectivity index (χ0v) is 10.3. The molecular weight excluding hydrogens is 250 g/mol. The maximum Gasteiger partial charge on any atom is 0.274 e. The number of amides is 1. The maximum absolute atomic E-state index is 12.2. The van der Waals surface area contributed by atoms with Crippen molar-refractivity contribution in [3.05, 3.63) is 58.4 Å². The minimum Gasteiger partial charge on any atom is -0.329 e. The van der Waals surface area contributed by atoms with Crippen molar-refractivity contribution in [3.8, 4) is 0 Å². The van der Waals surface area contributed by atoms with Crippen LogP contribution in [0.3, 0.4) is 0 Å². The molecule has 1 aliphatic heterocycles. The van der Waals surface area contributed by atoms with Gasteiger partial charge in [0.15, 0.2) is 10.8 Å². The molecule has 1 aliphatic rings. The smallest absolute Gasteiger partial charge is 0.274 e. The van der Waals surface area contributed by atoms with E-state index in [2.05, 4.69) is 10.2 Å². The largest absolute Gasteiger partial charge is 0.329 e. The number of nitrogens with zero attached hydrogens (tertiary/aromatic N) is 3. The zero-order chi connectivity index (χ0) is 12.5. The van der Waals surface area contributed by atoms with Gasteiger partial charge >= 0.3 is 0 Å². The van der Waals surface area contributed by atoms with Crippen molar-refractivity contribution in [1.82, 2.24) is 15.1 Å². The summed E-state index contributed by atoms with van der Waals surface area (Å²) in [6, 6.07) is 11.2. The van der Waals surface area contributed by atoms with Gasteiger partial charge in [-0.25, -0.2) is 0 Å². The molecule has 1 aromatic carbocycles. The highest BCUT2D eigenvalue weighted by Crippen LogP contribution is 2.23. The lowest BCUT2D eigenvalue weighted by Crippen LogP contribution is -2.26. The number of carbonyl (C=O) groups is 1. The molecule has 0 atom stereocenters. The molecule has 18 heavy (non-hydrogen) atoms. The molecule has 2 aromatic rings. The van der Waals surface area contributed by atoms with Crippen LogP contribution in [0.25, 0.3) is 0 Å². The molecule has 1 aromatic heterocycles. The van der Waals surface area contributed by atoms with Gasteiger partial charge < -0.3 is 4.90 Å². The minimum atomic E-state index is -0.115. The van der Waals surface area contributed by atoms with Crippen molar-refractivity contribution < 1.29 is 4.79 Å². The first-order chi connectivity index (χ1) is 8.74. The second kappa shape index (κ2) is 4.38. The predicted octanol–water partition coefficient (Wildman–Crippen LogP) is 2.29. The van der Waals surface area contributed by atoms with E-state index in [0.29, 0.717) is 18.8 Å². The van der Waals surface area contributed by atoms with Crippen molar-refractivity contribution in [2.45, 2.75) is 13.1 Å². The third kappa shape index (κ3) is 1.95. The first-order valence-corrected chi connectivity index (χ1v) is 5.97. The van der Waals surface area contributed by atoms with Crippen molar-refractivity contribution in [2.24, 2.45) is 0 Å². The zero-order valence-electron chi connectivity index (χ0n) is 9.51. The van der Waals surface area contributed by atoms with Gasteiger partial charge in [-0.15, -0.1) is 10.2 Å². The van der Waals surface area contributed by atoms with Crippen LogP contribution in [0.15, 0.2) is 36.4 Å². The van der Waals surface area contributed by atoms with Gasteiger partial charge in [0.1, 0.15) is 0 Å². The molecule has 4 nitrogen and oxygen atoms in total. The molecule has 5 heteroatoms.